The van der Waals surface area contributed by atoms with Crippen molar-refractivity contribution in [3.63, 3.8) is 0 Å². The molecule has 0 unspecified atom stereocenters. The van der Waals surface area contributed by atoms with Gasteiger partial charge in [0.1, 0.15) is 5.82 Å². The third-order valence-corrected chi connectivity index (χ3v) is 4.45. The van der Waals surface area contributed by atoms with E-state index >= 15 is 0 Å². The van der Waals surface area contributed by atoms with Crippen molar-refractivity contribution in [2.45, 2.75) is 45.2 Å². The Kier molecular flexibility index (Phi) is 4.05. The molecular formula is C15H23N3O2. The molecule has 20 heavy (non-hydrogen) atoms. The number of likely N-dealkylation sites (tertiary alicyclic amines) is 1. The minimum absolute atomic E-state index is 0.0561. The average Bonchev–Trinajstić information content (AvgIpc) is 3.17. The molecule has 2 atom stereocenters. The molecule has 2 aliphatic heterocycles. The van der Waals surface area contributed by atoms with Crippen molar-refractivity contribution in [1.82, 2.24) is 14.5 Å². The summed E-state index contributed by atoms with van der Waals surface area (Å²) in [5, 5.41) is 0. The van der Waals surface area contributed by atoms with Crippen LogP contribution in [0.3, 0.4) is 0 Å². The summed E-state index contributed by atoms with van der Waals surface area (Å²) in [5.74, 6) is 1.36. The molecule has 0 aliphatic carbocycles. The van der Waals surface area contributed by atoms with Crippen LogP contribution in [0.1, 0.15) is 44.5 Å². The van der Waals surface area contributed by atoms with Crippen LogP contribution in [0.5, 0.6) is 0 Å². The number of carbonyl (C=O) groups is 1. The Morgan fingerprint density at radius 2 is 2.35 bits per heavy atom. The van der Waals surface area contributed by atoms with E-state index in [4.69, 9.17) is 4.74 Å². The van der Waals surface area contributed by atoms with Crippen LogP contribution in [0.15, 0.2) is 12.4 Å². The minimum atomic E-state index is 0.0561. The standard InChI is InChI=1S/C15H23N3O2/c1-2-17-9-7-16-14(17)13-5-3-4-8-18(13)15(19)12-6-10-20-11-12/h7,9,12-13H,2-6,8,10-11H2,1H3/t12-,13-/m0/s1. The first kappa shape index (κ1) is 13.6. The molecule has 0 N–H and O–H groups in total. The molecule has 110 valence electrons. The zero-order valence-electron chi connectivity index (χ0n) is 12.1. The van der Waals surface area contributed by atoms with Crippen LogP contribution in [0.25, 0.3) is 0 Å². The Labute approximate surface area is 119 Å². The highest BCUT2D eigenvalue weighted by Gasteiger charge is 2.35. The van der Waals surface area contributed by atoms with Gasteiger partial charge in [0.05, 0.1) is 18.6 Å². The first-order valence-electron chi connectivity index (χ1n) is 7.70. The molecule has 2 aliphatic rings. The van der Waals surface area contributed by atoms with Gasteiger partial charge in [0.25, 0.3) is 0 Å². The Morgan fingerprint density at radius 3 is 3.10 bits per heavy atom. The summed E-state index contributed by atoms with van der Waals surface area (Å²) in [4.78, 5) is 19.3. The average molecular weight is 277 g/mol. The Hall–Kier alpha value is -1.36. The smallest absolute Gasteiger partial charge is 0.228 e. The predicted molar refractivity (Wildman–Crippen MR) is 75.1 cm³/mol. The highest BCUT2D eigenvalue weighted by Crippen LogP contribution is 2.32. The summed E-state index contributed by atoms with van der Waals surface area (Å²) in [7, 11) is 0. The molecule has 5 nitrogen and oxygen atoms in total. The Morgan fingerprint density at radius 1 is 1.45 bits per heavy atom. The van der Waals surface area contributed by atoms with Crippen LogP contribution in [0.4, 0.5) is 0 Å². The van der Waals surface area contributed by atoms with Gasteiger partial charge >= 0.3 is 0 Å². The molecule has 3 rings (SSSR count). The van der Waals surface area contributed by atoms with E-state index in [2.05, 4.69) is 21.4 Å². The lowest BCUT2D eigenvalue weighted by molar-refractivity contribution is -0.139. The van der Waals surface area contributed by atoms with Crippen LogP contribution in [0.2, 0.25) is 0 Å². The highest BCUT2D eigenvalue weighted by molar-refractivity contribution is 5.79. The van der Waals surface area contributed by atoms with Gasteiger partial charge < -0.3 is 14.2 Å². The van der Waals surface area contributed by atoms with Gasteiger partial charge in [-0.2, -0.15) is 0 Å². The van der Waals surface area contributed by atoms with E-state index in [9.17, 15) is 4.79 Å². The number of amides is 1. The van der Waals surface area contributed by atoms with E-state index in [0.717, 1.165) is 44.8 Å². The molecule has 0 spiro atoms. The number of ether oxygens (including phenoxy) is 1. The Balaban J connectivity index is 1.81. The third-order valence-electron chi connectivity index (χ3n) is 4.45. The van der Waals surface area contributed by atoms with Gasteiger partial charge in [0.2, 0.25) is 5.91 Å². The van der Waals surface area contributed by atoms with Gasteiger partial charge in [-0.15, -0.1) is 0 Å². The maximum atomic E-state index is 12.7. The van der Waals surface area contributed by atoms with Gasteiger partial charge in [0.15, 0.2) is 0 Å². The lowest BCUT2D eigenvalue weighted by atomic mass is 9.98. The molecule has 1 aromatic heterocycles. The summed E-state index contributed by atoms with van der Waals surface area (Å²) in [6.07, 6.45) is 8.01. The normalized spacial score (nSPS) is 26.9. The summed E-state index contributed by atoms with van der Waals surface area (Å²) < 4.78 is 7.53. The molecule has 3 heterocycles. The number of aromatic nitrogens is 2. The molecule has 0 aromatic carbocycles. The van der Waals surface area contributed by atoms with Crippen molar-refractivity contribution in [3.8, 4) is 0 Å². The second-order valence-corrected chi connectivity index (χ2v) is 5.68. The summed E-state index contributed by atoms with van der Waals surface area (Å²) >= 11 is 0. The first-order chi connectivity index (χ1) is 9.81. The van der Waals surface area contributed by atoms with Gasteiger partial charge in [0, 0.05) is 32.1 Å². The molecule has 0 bridgehead atoms. The maximum absolute atomic E-state index is 12.7. The molecule has 0 saturated carbocycles. The minimum Gasteiger partial charge on any atom is -0.381 e. The van der Waals surface area contributed by atoms with Gasteiger partial charge in [-0.25, -0.2) is 4.98 Å². The molecular weight excluding hydrogens is 254 g/mol. The largest absolute Gasteiger partial charge is 0.381 e. The zero-order chi connectivity index (χ0) is 13.9. The van der Waals surface area contributed by atoms with Crippen LogP contribution >= 0.6 is 0 Å². The number of carbonyl (C=O) groups excluding carboxylic acids is 1. The summed E-state index contributed by atoms with van der Waals surface area (Å²) in [6.45, 7) is 5.19. The number of aryl methyl sites for hydroxylation is 1. The monoisotopic (exact) mass is 277 g/mol. The van der Waals surface area contributed by atoms with E-state index in [1.165, 1.54) is 6.42 Å². The number of imidazole rings is 1. The molecule has 1 aromatic rings. The fraction of sp³-hybridized carbons (Fsp3) is 0.733. The van der Waals surface area contributed by atoms with Crippen molar-refractivity contribution >= 4 is 5.91 Å². The van der Waals surface area contributed by atoms with Crippen molar-refractivity contribution in [1.29, 1.82) is 0 Å². The van der Waals surface area contributed by atoms with Crippen molar-refractivity contribution < 1.29 is 9.53 Å². The second-order valence-electron chi connectivity index (χ2n) is 5.68. The number of nitrogens with zero attached hydrogens (tertiary/aromatic N) is 3. The van der Waals surface area contributed by atoms with Crippen LogP contribution < -0.4 is 0 Å². The predicted octanol–water partition coefficient (Wildman–Crippen LogP) is 1.99. The van der Waals surface area contributed by atoms with Gasteiger partial charge in [-0.05, 0) is 32.6 Å². The molecule has 0 radical (unpaired) electrons. The van der Waals surface area contributed by atoms with E-state index in [0.29, 0.717) is 6.61 Å². The lowest BCUT2D eigenvalue weighted by Gasteiger charge is -2.36. The number of piperidine rings is 1. The topological polar surface area (TPSA) is 47.4 Å². The zero-order valence-corrected chi connectivity index (χ0v) is 12.1. The summed E-state index contributed by atoms with van der Waals surface area (Å²) in [6, 6.07) is 0.145. The fourth-order valence-corrected chi connectivity index (χ4v) is 3.31. The lowest BCUT2D eigenvalue weighted by Crippen LogP contribution is -2.43. The second kappa shape index (κ2) is 5.95. The molecule has 5 heteroatoms. The quantitative estimate of drug-likeness (QED) is 0.849. The van der Waals surface area contributed by atoms with E-state index in [-0.39, 0.29) is 17.9 Å². The molecule has 2 saturated heterocycles. The SMILES string of the molecule is CCn1ccnc1[C@@H]1CCCCN1C(=O)[C@H]1CCOC1. The van der Waals surface area contributed by atoms with Crippen LogP contribution in [-0.2, 0) is 16.1 Å². The first-order valence-corrected chi connectivity index (χ1v) is 7.70. The highest BCUT2D eigenvalue weighted by atomic mass is 16.5. The third kappa shape index (κ3) is 2.46. The maximum Gasteiger partial charge on any atom is 0.228 e. The van der Waals surface area contributed by atoms with E-state index in [1.807, 2.05) is 12.4 Å². The number of hydrogen-bond donors (Lipinski definition) is 0. The van der Waals surface area contributed by atoms with Gasteiger partial charge in [-0.1, -0.05) is 0 Å². The van der Waals surface area contributed by atoms with Crippen molar-refractivity contribution in [2.24, 2.45) is 5.92 Å². The number of hydrogen-bond acceptors (Lipinski definition) is 3. The van der Waals surface area contributed by atoms with Crippen LogP contribution in [0, 0.1) is 5.92 Å². The van der Waals surface area contributed by atoms with Crippen LogP contribution in [-0.4, -0.2) is 40.1 Å². The Bertz CT molecular complexity index is 465. The number of rotatable bonds is 3. The van der Waals surface area contributed by atoms with Crippen molar-refractivity contribution in [3.05, 3.63) is 18.2 Å². The van der Waals surface area contributed by atoms with Crippen molar-refractivity contribution in [2.75, 3.05) is 19.8 Å². The van der Waals surface area contributed by atoms with Gasteiger partial charge in [-0.3, -0.25) is 4.79 Å². The summed E-state index contributed by atoms with van der Waals surface area (Å²) in [5.41, 5.74) is 0. The van der Waals surface area contributed by atoms with E-state index < -0.39 is 0 Å². The molecule has 1 amide bonds. The van der Waals surface area contributed by atoms with E-state index in [1.54, 1.807) is 0 Å². The fourth-order valence-electron chi connectivity index (χ4n) is 3.31. The molecule has 2 fully saturated rings.